The van der Waals surface area contributed by atoms with E-state index in [1.54, 1.807) is 0 Å². The Morgan fingerprint density at radius 3 is 2.46 bits per heavy atom. The lowest BCUT2D eigenvalue weighted by Crippen LogP contribution is -2.29. The molecule has 0 atom stereocenters. The van der Waals surface area contributed by atoms with Gasteiger partial charge in [0.1, 0.15) is 6.54 Å². The van der Waals surface area contributed by atoms with E-state index in [2.05, 4.69) is 0 Å². The van der Waals surface area contributed by atoms with Gasteiger partial charge < -0.3 is 4.90 Å². The number of carbonyl (C=O) groups is 1. The number of carbonyl (C=O) groups excluding carboxylic acids is 1. The minimum absolute atomic E-state index is 0.0935. The quantitative estimate of drug-likeness (QED) is 0.665. The molecule has 5 heteroatoms. The molecule has 0 N–H and O–H groups in total. The van der Waals surface area contributed by atoms with Crippen molar-refractivity contribution in [2.45, 2.75) is 19.0 Å². The van der Waals surface area contributed by atoms with Crippen molar-refractivity contribution in [3.05, 3.63) is 11.8 Å². The SMILES string of the molecule is CN(CC(F)(F)F)C1=CC(=O)CC1. The Balaban J connectivity index is 2.54. The van der Waals surface area contributed by atoms with Crippen molar-refractivity contribution >= 4 is 5.78 Å². The Hall–Kier alpha value is -1.00. The first-order valence-electron chi connectivity index (χ1n) is 3.90. The first-order valence-corrected chi connectivity index (χ1v) is 3.90. The predicted octanol–water partition coefficient (Wildman–Crippen LogP) is 1.73. The highest BCUT2D eigenvalue weighted by molar-refractivity contribution is 5.92. The fourth-order valence-corrected chi connectivity index (χ4v) is 1.25. The van der Waals surface area contributed by atoms with Crippen molar-refractivity contribution < 1.29 is 18.0 Å². The van der Waals surface area contributed by atoms with Crippen molar-refractivity contribution in [2.75, 3.05) is 13.6 Å². The van der Waals surface area contributed by atoms with E-state index in [0.29, 0.717) is 18.5 Å². The van der Waals surface area contributed by atoms with E-state index in [1.165, 1.54) is 13.1 Å². The van der Waals surface area contributed by atoms with E-state index in [1.807, 2.05) is 0 Å². The molecular weight excluding hydrogens is 183 g/mol. The van der Waals surface area contributed by atoms with Gasteiger partial charge in [0.25, 0.3) is 0 Å². The molecule has 0 heterocycles. The number of hydrogen-bond acceptors (Lipinski definition) is 2. The highest BCUT2D eigenvalue weighted by Gasteiger charge is 2.30. The summed E-state index contributed by atoms with van der Waals surface area (Å²) >= 11 is 0. The van der Waals surface area contributed by atoms with Gasteiger partial charge in [-0.1, -0.05) is 0 Å². The predicted molar refractivity (Wildman–Crippen MR) is 41.0 cm³/mol. The number of halogens is 3. The molecule has 0 amide bonds. The molecule has 1 aliphatic carbocycles. The third kappa shape index (κ3) is 3.08. The monoisotopic (exact) mass is 193 g/mol. The fourth-order valence-electron chi connectivity index (χ4n) is 1.25. The molecule has 1 aliphatic rings. The van der Waals surface area contributed by atoms with Crippen molar-refractivity contribution in [1.29, 1.82) is 0 Å². The zero-order valence-corrected chi connectivity index (χ0v) is 7.19. The summed E-state index contributed by atoms with van der Waals surface area (Å²) in [4.78, 5) is 11.8. The van der Waals surface area contributed by atoms with Gasteiger partial charge in [-0.2, -0.15) is 13.2 Å². The molecule has 0 unspecified atom stereocenters. The van der Waals surface area contributed by atoms with Crippen molar-refractivity contribution in [3.8, 4) is 0 Å². The zero-order chi connectivity index (χ0) is 10.1. The largest absolute Gasteiger partial charge is 0.405 e. The van der Waals surface area contributed by atoms with Crippen LogP contribution in [0, 0.1) is 0 Å². The van der Waals surface area contributed by atoms with Crippen LogP contribution in [0.4, 0.5) is 13.2 Å². The van der Waals surface area contributed by atoms with Crippen LogP contribution in [0.1, 0.15) is 12.8 Å². The fraction of sp³-hybridized carbons (Fsp3) is 0.625. The number of alkyl halides is 3. The molecular formula is C8H10F3NO. The van der Waals surface area contributed by atoms with Gasteiger partial charge in [-0.15, -0.1) is 0 Å². The molecule has 0 aromatic rings. The smallest absolute Gasteiger partial charge is 0.369 e. The van der Waals surface area contributed by atoms with Gasteiger partial charge in [-0.05, 0) is 6.42 Å². The maximum Gasteiger partial charge on any atom is 0.405 e. The summed E-state index contributed by atoms with van der Waals surface area (Å²) < 4.78 is 35.7. The van der Waals surface area contributed by atoms with Crippen molar-refractivity contribution in [1.82, 2.24) is 4.90 Å². The maximum absolute atomic E-state index is 11.9. The van der Waals surface area contributed by atoms with Crippen molar-refractivity contribution in [3.63, 3.8) is 0 Å². The molecule has 2 nitrogen and oxygen atoms in total. The molecule has 0 radical (unpaired) electrons. The van der Waals surface area contributed by atoms with Gasteiger partial charge in [0, 0.05) is 25.2 Å². The van der Waals surface area contributed by atoms with Gasteiger partial charge in [0.15, 0.2) is 5.78 Å². The second kappa shape index (κ2) is 3.40. The highest BCUT2D eigenvalue weighted by Crippen LogP contribution is 2.22. The zero-order valence-electron chi connectivity index (χ0n) is 7.19. The van der Waals surface area contributed by atoms with E-state index in [9.17, 15) is 18.0 Å². The van der Waals surface area contributed by atoms with Crippen LogP contribution in [-0.2, 0) is 4.79 Å². The van der Waals surface area contributed by atoms with Crippen LogP contribution in [0.25, 0.3) is 0 Å². The molecule has 0 saturated carbocycles. The Labute approximate surface area is 74.0 Å². The molecule has 74 valence electrons. The normalized spacial score (nSPS) is 17.5. The topological polar surface area (TPSA) is 20.3 Å². The second-order valence-corrected chi connectivity index (χ2v) is 3.07. The van der Waals surface area contributed by atoms with E-state index in [4.69, 9.17) is 0 Å². The van der Waals surface area contributed by atoms with Gasteiger partial charge in [0.05, 0.1) is 0 Å². The molecule has 1 rings (SSSR count). The number of allylic oxidation sites excluding steroid dienone is 2. The van der Waals surface area contributed by atoms with Gasteiger partial charge >= 0.3 is 6.18 Å². The summed E-state index contributed by atoms with van der Waals surface area (Å²) in [7, 11) is 1.35. The summed E-state index contributed by atoms with van der Waals surface area (Å²) in [6, 6.07) is 0. The molecule has 0 spiro atoms. The number of nitrogens with zero attached hydrogens (tertiary/aromatic N) is 1. The van der Waals surface area contributed by atoms with Crippen molar-refractivity contribution in [2.24, 2.45) is 0 Å². The molecule has 0 fully saturated rings. The maximum atomic E-state index is 11.9. The lowest BCUT2D eigenvalue weighted by Gasteiger charge is -2.21. The summed E-state index contributed by atoms with van der Waals surface area (Å²) in [5.41, 5.74) is 0.474. The van der Waals surface area contributed by atoms with E-state index in [-0.39, 0.29) is 5.78 Å². The average molecular weight is 193 g/mol. The van der Waals surface area contributed by atoms with Gasteiger partial charge in [-0.3, -0.25) is 4.79 Å². The van der Waals surface area contributed by atoms with Crippen LogP contribution < -0.4 is 0 Å². The summed E-state index contributed by atoms with van der Waals surface area (Å²) in [5, 5.41) is 0. The van der Waals surface area contributed by atoms with Gasteiger partial charge in [-0.25, -0.2) is 0 Å². The molecule has 0 saturated heterocycles. The minimum atomic E-state index is -4.21. The first-order chi connectivity index (χ1) is 5.88. The van der Waals surface area contributed by atoms with Gasteiger partial charge in [0.2, 0.25) is 0 Å². The average Bonchev–Trinajstić information content (AvgIpc) is 2.31. The van der Waals surface area contributed by atoms with Crippen LogP contribution in [0.5, 0.6) is 0 Å². The number of hydrogen-bond donors (Lipinski definition) is 0. The highest BCUT2D eigenvalue weighted by atomic mass is 19.4. The van der Waals surface area contributed by atoms with Crippen LogP contribution in [0.3, 0.4) is 0 Å². The lowest BCUT2D eigenvalue weighted by atomic mass is 10.3. The molecule has 0 bridgehead atoms. The Bertz CT molecular complexity index is 244. The Morgan fingerprint density at radius 1 is 1.46 bits per heavy atom. The van der Waals surface area contributed by atoms with Crippen LogP contribution in [0.2, 0.25) is 0 Å². The number of rotatable bonds is 2. The Morgan fingerprint density at radius 2 is 2.08 bits per heavy atom. The first kappa shape index (κ1) is 10.1. The lowest BCUT2D eigenvalue weighted by molar-refractivity contribution is -0.139. The van der Waals surface area contributed by atoms with E-state index in [0.717, 1.165) is 4.90 Å². The van der Waals surface area contributed by atoms with E-state index < -0.39 is 12.7 Å². The second-order valence-electron chi connectivity index (χ2n) is 3.07. The molecule has 0 aromatic carbocycles. The third-order valence-electron chi connectivity index (χ3n) is 1.86. The van der Waals surface area contributed by atoms with Crippen LogP contribution in [-0.4, -0.2) is 30.5 Å². The molecule has 13 heavy (non-hydrogen) atoms. The molecule has 0 aliphatic heterocycles. The summed E-state index contributed by atoms with van der Waals surface area (Å²) in [5.74, 6) is -0.0935. The summed E-state index contributed by atoms with van der Waals surface area (Å²) in [6.45, 7) is -0.994. The summed E-state index contributed by atoms with van der Waals surface area (Å²) in [6.07, 6.45) is -2.17. The Kier molecular flexibility index (Phi) is 2.63. The minimum Gasteiger partial charge on any atom is -0.369 e. The third-order valence-corrected chi connectivity index (χ3v) is 1.86. The van der Waals surface area contributed by atoms with E-state index >= 15 is 0 Å². The van der Waals surface area contributed by atoms with Crippen LogP contribution in [0.15, 0.2) is 11.8 Å². The standard InChI is InChI=1S/C8H10F3NO/c1-12(5-8(9,10)11)6-2-3-7(13)4-6/h4H,2-3,5H2,1H3. The van der Waals surface area contributed by atoms with Crippen LogP contribution >= 0.6 is 0 Å². The molecule has 0 aromatic heterocycles. The number of ketones is 1.